The molecule has 3 atom stereocenters. The number of hydrogen-bond donors (Lipinski definition) is 1. The highest BCUT2D eigenvalue weighted by atomic mass is 79.9. The average Bonchev–Trinajstić information content (AvgIpc) is 2.85. The van der Waals surface area contributed by atoms with Crippen LogP contribution >= 0.6 is 15.9 Å². The van der Waals surface area contributed by atoms with Crippen molar-refractivity contribution in [3.63, 3.8) is 0 Å². The van der Waals surface area contributed by atoms with Gasteiger partial charge in [0.25, 0.3) is 0 Å². The molecule has 2 rings (SSSR count). The Balaban J connectivity index is 2.08. The molecule has 0 saturated heterocycles. The van der Waals surface area contributed by atoms with Gasteiger partial charge < -0.3 is 5.73 Å². The first-order valence-corrected chi connectivity index (χ1v) is 5.49. The number of halogens is 1. The topological polar surface area (TPSA) is 26.0 Å². The van der Waals surface area contributed by atoms with Crippen molar-refractivity contribution < 1.29 is 0 Å². The third-order valence-corrected chi connectivity index (χ3v) is 3.34. The SMILES string of the molecule is CC(N)C1CC1c1ccc(Br)cc1. The van der Waals surface area contributed by atoms with Crippen molar-refractivity contribution in [2.45, 2.75) is 25.3 Å². The molecule has 1 fully saturated rings. The highest BCUT2D eigenvalue weighted by Crippen LogP contribution is 2.48. The summed E-state index contributed by atoms with van der Waals surface area (Å²) < 4.78 is 1.15. The zero-order chi connectivity index (χ0) is 9.42. The first kappa shape index (κ1) is 9.22. The van der Waals surface area contributed by atoms with Crippen molar-refractivity contribution >= 4 is 15.9 Å². The molecule has 0 heterocycles. The Morgan fingerprint density at radius 3 is 2.46 bits per heavy atom. The van der Waals surface area contributed by atoms with Crippen molar-refractivity contribution in [1.29, 1.82) is 0 Å². The lowest BCUT2D eigenvalue weighted by molar-refractivity contribution is 0.631. The summed E-state index contributed by atoms with van der Waals surface area (Å²) in [7, 11) is 0. The molecule has 1 aromatic carbocycles. The molecule has 0 aromatic heterocycles. The highest BCUT2D eigenvalue weighted by Gasteiger charge is 2.40. The summed E-state index contributed by atoms with van der Waals surface area (Å²) in [6.45, 7) is 2.10. The largest absolute Gasteiger partial charge is 0.328 e. The molecule has 2 heteroatoms. The van der Waals surface area contributed by atoms with E-state index in [9.17, 15) is 0 Å². The Kier molecular flexibility index (Phi) is 2.43. The smallest absolute Gasteiger partial charge is 0.0175 e. The zero-order valence-corrected chi connectivity index (χ0v) is 9.29. The quantitative estimate of drug-likeness (QED) is 0.845. The van der Waals surface area contributed by atoms with Gasteiger partial charge in [0.2, 0.25) is 0 Å². The van der Waals surface area contributed by atoms with Crippen LogP contribution < -0.4 is 5.73 Å². The molecule has 1 aliphatic carbocycles. The van der Waals surface area contributed by atoms with Gasteiger partial charge in [-0.25, -0.2) is 0 Å². The van der Waals surface area contributed by atoms with Gasteiger partial charge in [-0.3, -0.25) is 0 Å². The van der Waals surface area contributed by atoms with Crippen molar-refractivity contribution in [3.8, 4) is 0 Å². The summed E-state index contributed by atoms with van der Waals surface area (Å²) in [5, 5.41) is 0. The van der Waals surface area contributed by atoms with E-state index in [0.717, 1.165) is 4.47 Å². The van der Waals surface area contributed by atoms with Gasteiger partial charge in [-0.05, 0) is 42.9 Å². The van der Waals surface area contributed by atoms with Crippen LogP contribution in [0.5, 0.6) is 0 Å². The molecule has 0 aliphatic heterocycles. The van der Waals surface area contributed by atoms with E-state index >= 15 is 0 Å². The Morgan fingerprint density at radius 2 is 2.00 bits per heavy atom. The summed E-state index contributed by atoms with van der Waals surface area (Å²) in [6.07, 6.45) is 1.26. The van der Waals surface area contributed by atoms with Crippen LogP contribution in [0.4, 0.5) is 0 Å². The summed E-state index contributed by atoms with van der Waals surface area (Å²) in [5.74, 6) is 1.43. The fraction of sp³-hybridized carbons (Fsp3) is 0.455. The van der Waals surface area contributed by atoms with E-state index in [4.69, 9.17) is 5.73 Å². The monoisotopic (exact) mass is 239 g/mol. The maximum atomic E-state index is 5.85. The fourth-order valence-corrected chi connectivity index (χ4v) is 2.15. The minimum Gasteiger partial charge on any atom is -0.328 e. The van der Waals surface area contributed by atoms with Crippen LogP contribution in [0.3, 0.4) is 0 Å². The van der Waals surface area contributed by atoms with Gasteiger partial charge >= 0.3 is 0 Å². The maximum Gasteiger partial charge on any atom is 0.0175 e. The normalized spacial score (nSPS) is 28.5. The highest BCUT2D eigenvalue weighted by molar-refractivity contribution is 9.10. The first-order chi connectivity index (χ1) is 6.18. The molecule has 70 valence electrons. The van der Waals surface area contributed by atoms with Gasteiger partial charge in [-0.2, -0.15) is 0 Å². The van der Waals surface area contributed by atoms with Crippen LogP contribution in [0, 0.1) is 5.92 Å². The van der Waals surface area contributed by atoms with Crippen LogP contribution in [0.15, 0.2) is 28.7 Å². The maximum absolute atomic E-state index is 5.85. The van der Waals surface area contributed by atoms with Gasteiger partial charge in [0.05, 0.1) is 0 Å². The Hall–Kier alpha value is -0.340. The third kappa shape index (κ3) is 1.94. The molecular weight excluding hydrogens is 226 g/mol. The molecule has 1 saturated carbocycles. The molecule has 0 spiro atoms. The molecule has 3 unspecified atom stereocenters. The number of benzene rings is 1. The molecule has 2 N–H and O–H groups in total. The van der Waals surface area contributed by atoms with Crippen LogP contribution in [0.2, 0.25) is 0 Å². The van der Waals surface area contributed by atoms with E-state index in [1.54, 1.807) is 0 Å². The number of hydrogen-bond acceptors (Lipinski definition) is 1. The second kappa shape index (κ2) is 3.43. The number of rotatable bonds is 2. The summed E-state index contributed by atoms with van der Waals surface area (Å²) >= 11 is 3.43. The average molecular weight is 240 g/mol. The summed E-state index contributed by atoms with van der Waals surface area (Å²) in [5.41, 5.74) is 7.28. The van der Waals surface area contributed by atoms with Crippen LogP contribution in [0.25, 0.3) is 0 Å². The third-order valence-electron chi connectivity index (χ3n) is 2.81. The molecule has 13 heavy (non-hydrogen) atoms. The van der Waals surface area contributed by atoms with Gasteiger partial charge in [0.15, 0.2) is 0 Å². The lowest BCUT2D eigenvalue weighted by Gasteiger charge is -2.03. The molecule has 0 radical (unpaired) electrons. The minimum atomic E-state index is 0.341. The van der Waals surface area contributed by atoms with E-state index in [-0.39, 0.29) is 0 Å². The lowest BCUT2D eigenvalue weighted by Crippen LogP contribution is -2.17. The second-order valence-corrected chi connectivity index (χ2v) is 4.83. The summed E-state index contributed by atoms with van der Waals surface area (Å²) in [6, 6.07) is 8.93. The Morgan fingerprint density at radius 1 is 1.38 bits per heavy atom. The summed E-state index contributed by atoms with van der Waals surface area (Å²) in [4.78, 5) is 0. The van der Waals surface area contributed by atoms with E-state index in [2.05, 4.69) is 47.1 Å². The molecule has 1 nitrogen and oxygen atoms in total. The molecule has 0 bridgehead atoms. The lowest BCUT2D eigenvalue weighted by atomic mass is 10.1. The predicted molar refractivity (Wildman–Crippen MR) is 58.6 cm³/mol. The molecular formula is C11H14BrN. The molecule has 1 aromatic rings. The minimum absolute atomic E-state index is 0.341. The fourth-order valence-electron chi connectivity index (χ4n) is 1.89. The zero-order valence-electron chi connectivity index (χ0n) is 7.70. The van der Waals surface area contributed by atoms with Crippen LogP contribution in [-0.4, -0.2) is 6.04 Å². The van der Waals surface area contributed by atoms with Gasteiger partial charge in [-0.1, -0.05) is 28.1 Å². The Labute approximate surface area is 87.5 Å². The van der Waals surface area contributed by atoms with Gasteiger partial charge in [-0.15, -0.1) is 0 Å². The van der Waals surface area contributed by atoms with Crippen molar-refractivity contribution in [2.24, 2.45) is 11.7 Å². The van der Waals surface area contributed by atoms with Crippen molar-refractivity contribution in [3.05, 3.63) is 34.3 Å². The van der Waals surface area contributed by atoms with Crippen LogP contribution in [-0.2, 0) is 0 Å². The van der Waals surface area contributed by atoms with Crippen molar-refractivity contribution in [1.82, 2.24) is 0 Å². The van der Waals surface area contributed by atoms with E-state index in [0.29, 0.717) is 17.9 Å². The predicted octanol–water partition coefficient (Wildman–Crippen LogP) is 2.90. The van der Waals surface area contributed by atoms with Crippen LogP contribution in [0.1, 0.15) is 24.8 Å². The van der Waals surface area contributed by atoms with E-state index in [1.807, 2.05) is 0 Å². The van der Waals surface area contributed by atoms with Gasteiger partial charge in [0.1, 0.15) is 0 Å². The standard InChI is InChI=1S/C11H14BrN/c1-7(13)10-6-11(10)8-2-4-9(12)5-3-8/h2-5,7,10-11H,6,13H2,1H3. The van der Waals surface area contributed by atoms with Gasteiger partial charge in [0, 0.05) is 10.5 Å². The second-order valence-electron chi connectivity index (χ2n) is 3.92. The number of nitrogens with two attached hydrogens (primary N) is 1. The molecule has 0 amide bonds. The van der Waals surface area contributed by atoms with E-state index in [1.165, 1.54) is 12.0 Å². The first-order valence-electron chi connectivity index (χ1n) is 4.69. The van der Waals surface area contributed by atoms with E-state index < -0.39 is 0 Å². The molecule has 1 aliphatic rings. The van der Waals surface area contributed by atoms with Crippen molar-refractivity contribution in [2.75, 3.05) is 0 Å². The Bertz CT molecular complexity index is 291.